The van der Waals surface area contributed by atoms with E-state index in [1.54, 1.807) is 11.0 Å². The number of halogens is 2. The lowest BCUT2D eigenvalue weighted by Gasteiger charge is -2.37. The number of nitrogens with one attached hydrogen (secondary N) is 1. The molecule has 1 aromatic carbocycles. The van der Waals surface area contributed by atoms with E-state index in [9.17, 15) is 18.4 Å². The van der Waals surface area contributed by atoms with E-state index in [-0.39, 0.29) is 23.5 Å². The van der Waals surface area contributed by atoms with Crippen LogP contribution < -0.4 is 5.32 Å². The molecule has 2 unspecified atom stereocenters. The first-order valence-electron chi connectivity index (χ1n) is 9.97. The van der Waals surface area contributed by atoms with Crippen molar-refractivity contribution in [3.63, 3.8) is 0 Å². The summed E-state index contributed by atoms with van der Waals surface area (Å²) in [6, 6.07) is 1.88. The summed E-state index contributed by atoms with van der Waals surface area (Å²) in [5.74, 6) is -1.61. The third kappa shape index (κ3) is 3.45. The largest absolute Gasteiger partial charge is 0.338 e. The number of benzene rings is 1. The Kier molecular flexibility index (Phi) is 5.23. The second kappa shape index (κ2) is 7.66. The van der Waals surface area contributed by atoms with Crippen molar-refractivity contribution in [2.24, 2.45) is 0 Å². The van der Waals surface area contributed by atoms with Crippen LogP contribution in [0.4, 0.5) is 13.6 Å². The molecule has 152 valence electrons. The molecule has 2 saturated heterocycles. The topological polar surface area (TPSA) is 55.9 Å². The third-order valence-electron chi connectivity index (χ3n) is 6.26. The number of aryl methyl sites for hydroxylation is 1. The molecule has 0 bridgehead atoms. The second-order valence-corrected chi connectivity index (χ2v) is 7.93. The highest BCUT2D eigenvalue weighted by atomic mass is 19.2. The van der Waals surface area contributed by atoms with Crippen LogP contribution in [0.2, 0.25) is 0 Å². The predicted octanol–water partition coefficient (Wildman–Crippen LogP) is 1.90. The maximum Gasteiger partial charge on any atom is 0.318 e. The number of urea groups is 1. The number of nitrogens with zero attached hydrogens (tertiary/aromatic N) is 3. The lowest BCUT2D eigenvalue weighted by molar-refractivity contribution is -0.137. The molecule has 6 nitrogen and oxygen atoms in total. The van der Waals surface area contributed by atoms with Gasteiger partial charge in [-0.05, 0) is 50.9 Å². The number of hydrogen-bond acceptors (Lipinski definition) is 3. The van der Waals surface area contributed by atoms with Crippen LogP contribution in [0.25, 0.3) is 0 Å². The lowest BCUT2D eigenvalue weighted by Crippen LogP contribution is -2.56. The van der Waals surface area contributed by atoms with E-state index in [1.165, 1.54) is 0 Å². The number of likely N-dealkylation sites (tertiary alicyclic amines) is 1. The third-order valence-corrected chi connectivity index (χ3v) is 6.26. The zero-order valence-electron chi connectivity index (χ0n) is 16.1. The molecule has 1 aromatic rings. The van der Waals surface area contributed by atoms with Crippen LogP contribution in [-0.2, 0) is 11.2 Å². The molecule has 2 atom stereocenters. The molecule has 0 aromatic heterocycles. The van der Waals surface area contributed by atoms with Crippen LogP contribution in [-0.4, -0.2) is 72.5 Å². The van der Waals surface area contributed by atoms with Crippen molar-refractivity contribution < 1.29 is 18.4 Å². The van der Waals surface area contributed by atoms with Crippen LogP contribution in [0.3, 0.4) is 0 Å². The summed E-state index contributed by atoms with van der Waals surface area (Å²) in [6.07, 6.45) is 3.11. The number of piperazine rings is 1. The summed E-state index contributed by atoms with van der Waals surface area (Å²) < 4.78 is 27.8. The van der Waals surface area contributed by atoms with Gasteiger partial charge >= 0.3 is 6.03 Å². The first kappa shape index (κ1) is 19.1. The van der Waals surface area contributed by atoms with Crippen LogP contribution in [0, 0.1) is 11.6 Å². The summed E-state index contributed by atoms with van der Waals surface area (Å²) in [5.41, 5.74) is 1.02. The van der Waals surface area contributed by atoms with E-state index in [0.717, 1.165) is 31.0 Å². The first-order valence-corrected chi connectivity index (χ1v) is 9.97. The smallest absolute Gasteiger partial charge is 0.318 e. The maximum absolute atomic E-state index is 14.2. The molecule has 2 heterocycles. The van der Waals surface area contributed by atoms with Gasteiger partial charge in [0.1, 0.15) is 0 Å². The Balaban J connectivity index is 1.33. The van der Waals surface area contributed by atoms with Crippen LogP contribution in [0.15, 0.2) is 12.1 Å². The number of likely N-dealkylation sites (N-methyl/N-ethyl adjacent to an activating group) is 1. The standard InChI is InChI=1S/C20H26F2N4O2/c1-24-8-2-3-16(24)19(27)25-9-11-26(12-10-25)20(28)23-15-7-5-13-4-6-14(21)18(22)17(13)15/h4,6,15-16H,2-3,5,7-12H2,1H3,(H,23,28). The Morgan fingerprint density at radius 1 is 1.04 bits per heavy atom. The fourth-order valence-corrected chi connectivity index (χ4v) is 4.59. The minimum absolute atomic E-state index is 0.0479. The van der Waals surface area contributed by atoms with Gasteiger partial charge in [-0.1, -0.05) is 6.07 Å². The normalized spacial score (nSPS) is 25.1. The molecule has 2 aliphatic heterocycles. The van der Waals surface area contributed by atoms with E-state index >= 15 is 0 Å². The van der Waals surface area contributed by atoms with Gasteiger partial charge in [-0.3, -0.25) is 9.69 Å². The van der Waals surface area contributed by atoms with Crippen LogP contribution in [0.5, 0.6) is 0 Å². The number of carbonyl (C=O) groups excluding carboxylic acids is 2. The summed E-state index contributed by atoms with van der Waals surface area (Å²) in [7, 11) is 1.97. The van der Waals surface area contributed by atoms with Crippen molar-refractivity contribution in [1.82, 2.24) is 20.0 Å². The van der Waals surface area contributed by atoms with Gasteiger partial charge in [-0.2, -0.15) is 0 Å². The van der Waals surface area contributed by atoms with Crippen molar-refractivity contribution in [2.75, 3.05) is 39.8 Å². The second-order valence-electron chi connectivity index (χ2n) is 7.93. The van der Waals surface area contributed by atoms with E-state index < -0.39 is 17.7 Å². The summed E-state index contributed by atoms with van der Waals surface area (Å²) in [4.78, 5) is 30.9. The van der Waals surface area contributed by atoms with Crippen molar-refractivity contribution in [3.8, 4) is 0 Å². The van der Waals surface area contributed by atoms with Gasteiger partial charge in [0.05, 0.1) is 12.1 Å². The highest BCUT2D eigenvalue weighted by Crippen LogP contribution is 2.34. The minimum atomic E-state index is -0.885. The van der Waals surface area contributed by atoms with Gasteiger partial charge < -0.3 is 15.1 Å². The Hall–Kier alpha value is -2.22. The van der Waals surface area contributed by atoms with Crippen molar-refractivity contribution >= 4 is 11.9 Å². The number of amides is 3. The molecule has 0 radical (unpaired) electrons. The number of carbonyl (C=O) groups is 2. The Morgan fingerprint density at radius 3 is 2.43 bits per heavy atom. The molecular formula is C20H26F2N4O2. The molecule has 28 heavy (non-hydrogen) atoms. The van der Waals surface area contributed by atoms with Crippen LogP contribution in [0.1, 0.15) is 36.4 Å². The number of rotatable bonds is 2. The van der Waals surface area contributed by atoms with Gasteiger partial charge in [0.25, 0.3) is 0 Å². The molecule has 4 rings (SSSR count). The number of fused-ring (bicyclic) bond motifs is 1. The SMILES string of the molecule is CN1CCCC1C(=O)N1CCN(C(=O)NC2CCc3ccc(F)c(F)c32)CC1. The molecule has 1 aliphatic carbocycles. The highest BCUT2D eigenvalue weighted by molar-refractivity contribution is 5.82. The predicted molar refractivity (Wildman–Crippen MR) is 99.8 cm³/mol. The zero-order chi connectivity index (χ0) is 19.8. The Bertz CT molecular complexity index is 780. The van der Waals surface area contributed by atoms with E-state index in [4.69, 9.17) is 0 Å². The molecule has 2 fully saturated rings. The van der Waals surface area contributed by atoms with Gasteiger partial charge in [0, 0.05) is 31.7 Å². The highest BCUT2D eigenvalue weighted by Gasteiger charge is 2.35. The monoisotopic (exact) mass is 392 g/mol. The molecule has 0 spiro atoms. The molecular weight excluding hydrogens is 366 g/mol. The first-order chi connectivity index (χ1) is 13.5. The van der Waals surface area contributed by atoms with E-state index in [0.29, 0.717) is 39.0 Å². The van der Waals surface area contributed by atoms with Crippen LogP contribution >= 0.6 is 0 Å². The fraction of sp³-hybridized carbons (Fsp3) is 0.600. The minimum Gasteiger partial charge on any atom is -0.338 e. The molecule has 3 aliphatic rings. The van der Waals surface area contributed by atoms with E-state index in [1.807, 2.05) is 11.9 Å². The van der Waals surface area contributed by atoms with Crippen molar-refractivity contribution in [3.05, 3.63) is 34.9 Å². The molecule has 1 N–H and O–H groups in total. The average Bonchev–Trinajstić information content (AvgIpc) is 3.31. The van der Waals surface area contributed by atoms with Crippen molar-refractivity contribution in [2.45, 2.75) is 37.8 Å². The molecule has 3 amide bonds. The Labute approximate surface area is 163 Å². The quantitative estimate of drug-likeness (QED) is 0.837. The summed E-state index contributed by atoms with van der Waals surface area (Å²) >= 11 is 0. The summed E-state index contributed by atoms with van der Waals surface area (Å²) in [6.45, 7) is 2.83. The van der Waals surface area contributed by atoms with Gasteiger partial charge in [-0.25, -0.2) is 13.6 Å². The van der Waals surface area contributed by atoms with Gasteiger partial charge in [-0.15, -0.1) is 0 Å². The fourth-order valence-electron chi connectivity index (χ4n) is 4.59. The molecule has 8 heteroatoms. The summed E-state index contributed by atoms with van der Waals surface area (Å²) in [5, 5.41) is 2.85. The van der Waals surface area contributed by atoms with Gasteiger partial charge in [0.15, 0.2) is 11.6 Å². The zero-order valence-corrected chi connectivity index (χ0v) is 16.1. The van der Waals surface area contributed by atoms with Crippen molar-refractivity contribution in [1.29, 1.82) is 0 Å². The number of hydrogen-bond donors (Lipinski definition) is 1. The van der Waals surface area contributed by atoms with E-state index in [2.05, 4.69) is 10.2 Å². The average molecular weight is 392 g/mol. The Morgan fingerprint density at radius 2 is 1.75 bits per heavy atom. The maximum atomic E-state index is 14.2. The molecule has 0 saturated carbocycles. The lowest BCUT2D eigenvalue weighted by atomic mass is 10.1. The van der Waals surface area contributed by atoms with Gasteiger partial charge in [0.2, 0.25) is 5.91 Å².